The van der Waals surface area contributed by atoms with Crippen molar-refractivity contribution in [1.29, 1.82) is 0 Å². The lowest BCUT2D eigenvalue weighted by atomic mass is 10.3. The van der Waals surface area contributed by atoms with Crippen LogP contribution in [0.2, 0.25) is 0 Å². The monoisotopic (exact) mass is 176 g/mol. The van der Waals surface area contributed by atoms with Crippen LogP contribution in [0.5, 0.6) is 0 Å². The average molecular weight is 176 g/mol. The van der Waals surface area contributed by atoms with Gasteiger partial charge in [0.2, 0.25) is 0 Å². The number of hydrogen-bond donors (Lipinski definition) is 2. The van der Waals surface area contributed by atoms with Crippen LogP contribution in [0.1, 0.15) is 24.6 Å². The minimum absolute atomic E-state index is 0.0966. The zero-order chi connectivity index (χ0) is 8.84. The molecular formula is C8H8N4O. The summed E-state index contributed by atoms with van der Waals surface area (Å²) in [5.74, 6) is 1.25. The lowest BCUT2D eigenvalue weighted by Crippen LogP contribution is -2.10. The van der Waals surface area contributed by atoms with Crippen LogP contribution >= 0.6 is 0 Å². The van der Waals surface area contributed by atoms with Gasteiger partial charge in [0.15, 0.2) is 5.65 Å². The summed E-state index contributed by atoms with van der Waals surface area (Å²) in [6, 6.07) is 0. The first-order valence-corrected chi connectivity index (χ1v) is 4.28. The van der Waals surface area contributed by atoms with E-state index in [2.05, 4.69) is 20.2 Å². The van der Waals surface area contributed by atoms with Gasteiger partial charge < -0.3 is 4.98 Å². The van der Waals surface area contributed by atoms with Crippen molar-refractivity contribution in [3.63, 3.8) is 0 Å². The van der Waals surface area contributed by atoms with E-state index in [1.54, 1.807) is 0 Å². The maximum absolute atomic E-state index is 11.4. The molecule has 5 nitrogen and oxygen atoms in total. The minimum atomic E-state index is -0.0966. The van der Waals surface area contributed by atoms with Crippen LogP contribution in [0.4, 0.5) is 0 Å². The average Bonchev–Trinajstić information content (AvgIpc) is 2.85. The highest BCUT2D eigenvalue weighted by Gasteiger charge is 2.26. The Balaban J connectivity index is 2.33. The Morgan fingerprint density at radius 3 is 3.08 bits per heavy atom. The van der Waals surface area contributed by atoms with Crippen molar-refractivity contribution in [2.45, 2.75) is 18.8 Å². The van der Waals surface area contributed by atoms with E-state index < -0.39 is 0 Å². The highest BCUT2D eigenvalue weighted by Crippen LogP contribution is 2.37. The molecule has 66 valence electrons. The van der Waals surface area contributed by atoms with Crippen LogP contribution in [0.3, 0.4) is 0 Å². The normalized spacial score (nSPS) is 16.6. The van der Waals surface area contributed by atoms with Crippen molar-refractivity contribution < 1.29 is 0 Å². The van der Waals surface area contributed by atoms with Crippen molar-refractivity contribution >= 4 is 11.0 Å². The second-order valence-electron chi connectivity index (χ2n) is 3.36. The summed E-state index contributed by atoms with van der Waals surface area (Å²) in [6.07, 6.45) is 3.75. The fourth-order valence-corrected chi connectivity index (χ4v) is 1.41. The second kappa shape index (κ2) is 2.18. The Kier molecular flexibility index (Phi) is 1.15. The van der Waals surface area contributed by atoms with Crippen molar-refractivity contribution in [1.82, 2.24) is 20.2 Å². The minimum Gasteiger partial charge on any atom is -0.310 e. The number of hydrogen-bond acceptors (Lipinski definition) is 3. The third-order valence-electron chi connectivity index (χ3n) is 2.30. The number of aromatic nitrogens is 4. The molecule has 0 amide bonds. The molecule has 2 aromatic rings. The molecule has 0 bridgehead atoms. The highest BCUT2D eigenvalue weighted by atomic mass is 16.1. The lowest BCUT2D eigenvalue weighted by Gasteiger charge is -1.95. The molecule has 1 fully saturated rings. The van der Waals surface area contributed by atoms with E-state index in [0.717, 1.165) is 18.7 Å². The summed E-state index contributed by atoms with van der Waals surface area (Å²) in [4.78, 5) is 18.5. The molecule has 2 N–H and O–H groups in total. The van der Waals surface area contributed by atoms with Crippen LogP contribution in [-0.2, 0) is 0 Å². The molecule has 0 saturated heterocycles. The van der Waals surface area contributed by atoms with E-state index in [4.69, 9.17) is 0 Å². The molecule has 0 spiro atoms. The molecule has 1 aliphatic rings. The molecule has 3 rings (SSSR count). The Bertz CT molecular complexity index is 508. The van der Waals surface area contributed by atoms with Gasteiger partial charge in [0.1, 0.15) is 11.2 Å². The zero-order valence-corrected chi connectivity index (χ0v) is 6.87. The number of fused-ring (bicyclic) bond motifs is 1. The van der Waals surface area contributed by atoms with Crippen molar-refractivity contribution in [2.75, 3.05) is 0 Å². The predicted octanol–water partition coefficient (Wildman–Crippen LogP) is 0.524. The topological polar surface area (TPSA) is 74.4 Å². The fraction of sp³-hybridized carbons (Fsp3) is 0.375. The van der Waals surface area contributed by atoms with E-state index in [0.29, 0.717) is 17.0 Å². The molecule has 0 unspecified atom stereocenters. The van der Waals surface area contributed by atoms with Gasteiger partial charge in [-0.1, -0.05) is 0 Å². The Morgan fingerprint density at radius 1 is 1.46 bits per heavy atom. The molecule has 0 radical (unpaired) electrons. The van der Waals surface area contributed by atoms with Crippen LogP contribution in [0.15, 0.2) is 11.0 Å². The summed E-state index contributed by atoms with van der Waals surface area (Å²) < 4.78 is 0. The van der Waals surface area contributed by atoms with Gasteiger partial charge in [-0.25, -0.2) is 4.98 Å². The molecule has 0 aromatic carbocycles. The van der Waals surface area contributed by atoms with Crippen molar-refractivity contribution in [3.05, 3.63) is 22.4 Å². The number of nitrogens with zero attached hydrogens (tertiary/aromatic N) is 2. The van der Waals surface area contributed by atoms with Gasteiger partial charge in [0, 0.05) is 5.92 Å². The van der Waals surface area contributed by atoms with E-state index in [-0.39, 0.29) is 5.56 Å². The van der Waals surface area contributed by atoms with E-state index in [1.165, 1.54) is 6.20 Å². The van der Waals surface area contributed by atoms with Crippen molar-refractivity contribution in [2.24, 2.45) is 0 Å². The lowest BCUT2D eigenvalue weighted by molar-refractivity contribution is 0.923. The molecule has 1 saturated carbocycles. The largest absolute Gasteiger partial charge is 0.310 e. The molecule has 5 heteroatoms. The fourth-order valence-electron chi connectivity index (χ4n) is 1.41. The van der Waals surface area contributed by atoms with E-state index >= 15 is 0 Å². The quantitative estimate of drug-likeness (QED) is 0.665. The summed E-state index contributed by atoms with van der Waals surface area (Å²) in [7, 11) is 0. The SMILES string of the molecule is O=c1[nH]c(C2CC2)nc2[nH]ncc12. The second-order valence-corrected chi connectivity index (χ2v) is 3.36. The van der Waals surface area contributed by atoms with Gasteiger partial charge in [0.25, 0.3) is 5.56 Å². The molecule has 0 aliphatic heterocycles. The molecule has 2 aromatic heterocycles. The van der Waals surface area contributed by atoms with Crippen LogP contribution in [0.25, 0.3) is 11.0 Å². The Labute approximate surface area is 73.2 Å². The summed E-state index contributed by atoms with van der Waals surface area (Å²) in [5, 5.41) is 7.01. The first kappa shape index (κ1) is 6.82. The molecule has 13 heavy (non-hydrogen) atoms. The standard InChI is InChI=1S/C8H8N4O/c13-8-5-3-9-12-7(5)10-6(11-8)4-1-2-4/h3-4H,1-2H2,(H2,9,10,11,12,13). The van der Waals surface area contributed by atoms with E-state index in [9.17, 15) is 4.79 Å². The van der Waals surface area contributed by atoms with Crippen LogP contribution in [-0.4, -0.2) is 20.2 Å². The van der Waals surface area contributed by atoms with Crippen molar-refractivity contribution in [3.8, 4) is 0 Å². The first-order valence-electron chi connectivity index (χ1n) is 4.28. The van der Waals surface area contributed by atoms with Crippen LogP contribution in [0, 0.1) is 0 Å². The summed E-state index contributed by atoms with van der Waals surface area (Å²) >= 11 is 0. The molecule has 0 atom stereocenters. The van der Waals surface area contributed by atoms with Gasteiger partial charge in [-0.15, -0.1) is 0 Å². The third kappa shape index (κ3) is 0.965. The highest BCUT2D eigenvalue weighted by molar-refractivity contribution is 5.72. The van der Waals surface area contributed by atoms with Gasteiger partial charge in [-0.05, 0) is 12.8 Å². The number of rotatable bonds is 1. The third-order valence-corrected chi connectivity index (χ3v) is 2.30. The van der Waals surface area contributed by atoms with Gasteiger partial charge in [0.05, 0.1) is 6.20 Å². The number of H-pyrrole nitrogens is 2. The summed E-state index contributed by atoms with van der Waals surface area (Å²) in [6.45, 7) is 0. The van der Waals surface area contributed by atoms with Gasteiger partial charge in [-0.2, -0.15) is 5.10 Å². The van der Waals surface area contributed by atoms with Gasteiger partial charge in [-0.3, -0.25) is 9.89 Å². The van der Waals surface area contributed by atoms with Gasteiger partial charge >= 0.3 is 0 Å². The molecule has 1 aliphatic carbocycles. The number of nitrogens with one attached hydrogen (secondary N) is 2. The maximum atomic E-state index is 11.4. The first-order chi connectivity index (χ1) is 6.34. The van der Waals surface area contributed by atoms with E-state index in [1.807, 2.05) is 0 Å². The smallest absolute Gasteiger partial charge is 0.262 e. The summed E-state index contributed by atoms with van der Waals surface area (Å²) in [5.41, 5.74) is 0.492. The van der Waals surface area contributed by atoms with Crippen LogP contribution < -0.4 is 5.56 Å². The molecule has 2 heterocycles. The predicted molar refractivity (Wildman–Crippen MR) is 46.5 cm³/mol. The number of aromatic amines is 2. The maximum Gasteiger partial charge on any atom is 0.262 e. The molecular weight excluding hydrogens is 168 g/mol. The zero-order valence-electron chi connectivity index (χ0n) is 6.87. The Morgan fingerprint density at radius 2 is 2.31 bits per heavy atom. The Hall–Kier alpha value is -1.65.